The van der Waals surface area contributed by atoms with Gasteiger partial charge in [0.2, 0.25) is 23.5 Å². The number of Topliss-reactive ketones (excluding diaryl/α,β-unsaturated/α-hetero) is 1. The van der Waals surface area contributed by atoms with Crippen LogP contribution in [0.2, 0.25) is 0 Å². The number of aliphatic hydroxyl groups excluding tert-OH is 1. The van der Waals surface area contributed by atoms with Crippen LogP contribution in [0.1, 0.15) is 92.9 Å². The molecule has 5 atom stereocenters. The number of rotatable bonds is 19. The van der Waals surface area contributed by atoms with Crippen molar-refractivity contribution in [3.8, 4) is 0 Å². The Bertz CT molecular complexity index is 1400. The van der Waals surface area contributed by atoms with Gasteiger partial charge in [0.15, 0.2) is 6.04 Å². The van der Waals surface area contributed by atoms with Gasteiger partial charge in [0.1, 0.15) is 18.1 Å². The molecule has 0 aromatic heterocycles. The molecule has 0 spiro atoms. The Balaban J connectivity index is 2.24. The third kappa shape index (κ3) is 13.8. The van der Waals surface area contributed by atoms with Gasteiger partial charge in [-0.05, 0) is 55.4 Å². The fraction of sp³-hybridized carbons (Fsp3) is 0.658. The van der Waals surface area contributed by atoms with E-state index in [0.29, 0.717) is 6.42 Å². The van der Waals surface area contributed by atoms with E-state index < -0.39 is 83.7 Å². The number of nitrogens with one attached hydrogen (secondary N) is 4. The first-order valence-electron chi connectivity index (χ1n) is 18.5. The normalized spacial score (nSPS) is 19.6. The molecule has 0 aromatic rings. The smallest absolute Gasteiger partial charge is 0.407 e. The molecule has 1 saturated heterocycles. The van der Waals surface area contributed by atoms with Gasteiger partial charge in [0.25, 0.3) is 5.91 Å². The molecule has 0 bridgehead atoms. The average molecular weight is 746 g/mol. The highest BCUT2D eigenvalue weighted by molar-refractivity contribution is 6.38. The maximum atomic E-state index is 14.3. The molecule has 0 aromatic carbocycles. The SMILES string of the molecule is C=C(/C=C\C=C/C)[C@H](NC(=O)[C@H](CO)NC(=O)C(=O)C(CCC)NC(=O)[C@@H]1CC(C)(C)CN1C(=O)[C@@H](NC(=O)OCC(C)C)C1CCCCC1)C(=O)O. The largest absolute Gasteiger partial charge is 0.479 e. The van der Waals surface area contributed by atoms with Crippen LogP contribution in [0.25, 0.3) is 0 Å². The average Bonchev–Trinajstić information content (AvgIpc) is 3.45. The number of aliphatic carboxylic acids is 1. The summed E-state index contributed by atoms with van der Waals surface area (Å²) >= 11 is 0. The van der Waals surface area contributed by atoms with Crippen molar-refractivity contribution in [1.82, 2.24) is 26.2 Å². The van der Waals surface area contributed by atoms with Crippen molar-refractivity contribution in [2.45, 2.75) is 123 Å². The van der Waals surface area contributed by atoms with E-state index in [0.717, 1.165) is 32.1 Å². The van der Waals surface area contributed by atoms with Crippen molar-refractivity contribution in [3.63, 3.8) is 0 Å². The van der Waals surface area contributed by atoms with Crippen molar-refractivity contribution in [2.24, 2.45) is 17.3 Å². The van der Waals surface area contributed by atoms with E-state index in [4.69, 9.17) is 4.74 Å². The monoisotopic (exact) mass is 745 g/mol. The Hall–Kier alpha value is -4.53. The Morgan fingerprint density at radius 1 is 0.962 bits per heavy atom. The van der Waals surface area contributed by atoms with Gasteiger partial charge in [-0.2, -0.15) is 0 Å². The quantitative estimate of drug-likeness (QED) is 0.0838. The zero-order valence-electron chi connectivity index (χ0n) is 31.9. The number of carboxylic acid groups (broad SMARTS) is 1. The Morgan fingerprint density at radius 2 is 1.62 bits per heavy atom. The molecular formula is C38H59N5O10. The van der Waals surface area contributed by atoms with Crippen LogP contribution < -0.4 is 21.3 Å². The van der Waals surface area contributed by atoms with Gasteiger partial charge < -0.3 is 41.1 Å². The van der Waals surface area contributed by atoms with E-state index >= 15 is 0 Å². The van der Waals surface area contributed by atoms with Gasteiger partial charge in [-0.25, -0.2) is 9.59 Å². The van der Waals surface area contributed by atoms with Crippen LogP contribution in [0.15, 0.2) is 36.5 Å². The lowest BCUT2D eigenvalue weighted by Crippen LogP contribution is -2.59. The molecule has 6 N–H and O–H groups in total. The molecule has 15 nitrogen and oxygen atoms in total. The highest BCUT2D eigenvalue weighted by atomic mass is 16.5. The standard InChI is InChI=1S/C38H59N5O10/c1-8-10-12-16-24(5)29(36(50)51)41-32(46)27(20-44)40-34(48)31(45)26(15-9-2)39-33(47)28-19-38(6,7)22-43(28)35(49)30(25-17-13-11-14-18-25)42-37(52)53-21-23(3)4/h8,10,12,16,23,25-30,44H,5,9,11,13-15,17-22H2,1-4,6-7H3,(H,39,47)(H,40,48)(H,41,46)(H,42,52)(H,50,51)/b10-8-,16-12-/t26?,27-,28-,29-,30-/m0/s1. The van der Waals surface area contributed by atoms with Crippen molar-refractivity contribution in [2.75, 3.05) is 19.8 Å². The first-order valence-corrected chi connectivity index (χ1v) is 18.5. The van der Waals surface area contributed by atoms with Crippen LogP contribution >= 0.6 is 0 Å². The third-order valence-electron chi connectivity index (χ3n) is 9.27. The molecule has 1 unspecified atom stereocenters. The molecule has 15 heteroatoms. The molecule has 2 rings (SSSR count). The Morgan fingerprint density at radius 3 is 2.19 bits per heavy atom. The number of alkyl carbamates (subject to hydrolysis) is 1. The van der Waals surface area contributed by atoms with Crippen LogP contribution in [0.4, 0.5) is 4.79 Å². The minimum Gasteiger partial charge on any atom is -0.479 e. The summed E-state index contributed by atoms with van der Waals surface area (Å²) in [5.74, 6) is -6.02. The molecule has 1 aliphatic heterocycles. The molecule has 0 radical (unpaired) electrons. The predicted octanol–water partition coefficient (Wildman–Crippen LogP) is 2.53. The molecule has 1 aliphatic carbocycles. The van der Waals surface area contributed by atoms with Crippen LogP contribution in [0.3, 0.4) is 0 Å². The Kier molecular flexibility index (Phi) is 17.9. The lowest BCUT2D eigenvalue weighted by atomic mass is 9.83. The zero-order chi connectivity index (χ0) is 39.9. The Labute approximate surface area is 312 Å². The summed E-state index contributed by atoms with van der Waals surface area (Å²) in [4.78, 5) is 93.7. The minimum atomic E-state index is -1.70. The first-order chi connectivity index (χ1) is 25.0. The van der Waals surface area contributed by atoms with Crippen LogP contribution in [-0.2, 0) is 33.5 Å². The summed E-state index contributed by atoms with van der Waals surface area (Å²) in [5, 5.41) is 29.3. The van der Waals surface area contributed by atoms with Crippen molar-refractivity contribution in [1.29, 1.82) is 0 Å². The van der Waals surface area contributed by atoms with E-state index in [9.17, 15) is 43.8 Å². The number of amides is 5. The summed E-state index contributed by atoms with van der Waals surface area (Å²) in [6.07, 6.45) is 10.5. The lowest BCUT2D eigenvalue weighted by molar-refractivity contribution is -0.144. The maximum Gasteiger partial charge on any atom is 0.407 e. The second-order valence-electron chi connectivity index (χ2n) is 15.0. The highest BCUT2D eigenvalue weighted by Gasteiger charge is 2.47. The number of hydrogen-bond donors (Lipinski definition) is 6. The minimum absolute atomic E-state index is 0.0169. The van der Waals surface area contributed by atoms with Gasteiger partial charge >= 0.3 is 12.1 Å². The summed E-state index contributed by atoms with van der Waals surface area (Å²) < 4.78 is 5.34. The number of ketones is 1. The zero-order valence-corrected chi connectivity index (χ0v) is 31.9. The van der Waals surface area contributed by atoms with E-state index in [-0.39, 0.29) is 43.4 Å². The number of carboxylic acids is 1. The second kappa shape index (κ2) is 21.2. The number of hydrogen-bond acceptors (Lipinski definition) is 9. The van der Waals surface area contributed by atoms with E-state index in [1.165, 1.54) is 17.1 Å². The molecular weight excluding hydrogens is 686 g/mol. The summed E-state index contributed by atoms with van der Waals surface area (Å²) in [5.41, 5.74) is -0.471. The molecule has 1 heterocycles. The van der Waals surface area contributed by atoms with Crippen LogP contribution in [0.5, 0.6) is 0 Å². The van der Waals surface area contributed by atoms with E-state index in [1.54, 1.807) is 26.0 Å². The fourth-order valence-corrected chi connectivity index (χ4v) is 6.52. The van der Waals surface area contributed by atoms with Gasteiger partial charge in [-0.1, -0.05) is 91.2 Å². The molecule has 2 fully saturated rings. The number of carbonyl (C=O) groups is 7. The molecule has 5 amide bonds. The predicted molar refractivity (Wildman–Crippen MR) is 197 cm³/mol. The van der Waals surface area contributed by atoms with Crippen LogP contribution in [0, 0.1) is 17.3 Å². The summed E-state index contributed by atoms with van der Waals surface area (Å²) in [7, 11) is 0. The van der Waals surface area contributed by atoms with Crippen molar-refractivity contribution < 1.29 is 48.5 Å². The number of allylic oxidation sites excluding steroid dienone is 3. The second-order valence-corrected chi connectivity index (χ2v) is 15.0. The van der Waals surface area contributed by atoms with Crippen LogP contribution in [-0.4, -0.2) is 107 Å². The van der Waals surface area contributed by atoms with Gasteiger partial charge in [-0.3, -0.25) is 24.0 Å². The molecule has 1 saturated carbocycles. The van der Waals surface area contributed by atoms with Crippen molar-refractivity contribution in [3.05, 3.63) is 36.5 Å². The topological polar surface area (TPSA) is 221 Å². The summed E-state index contributed by atoms with van der Waals surface area (Å²) in [6, 6.07) is -6.54. The molecule has 53 heavy (non-hydrogen) atoms. The van der Waals surface area contributed by atoms with Crippen molar-refractivity contribution >= 4 is 41.5 Å². The van der Waals surface area contributed by atoms with E-state index in [2.05, 4.69) is 27.8 Å². The number of carbonyl (C=O) groups excluding carboxylic acids is 6. The highest BCUT2D eigenvalue weighted by Crippen LogP contribution is 2.36. The number of likely N-dealkylation sites (tertiary alicyclic amines) is 1. The molecule has 296 valence electrons. The number of aliphatic hydroxyl groups is 1. The lowest BCUT2D eigenvalue weighted by Gasteiger charge is -2.35. The first kappa shape index (κ1) is 44.6. The number of ether oxygens (including phenoxy) is 1. The van der Waals surface area contributed by atoms with Gasteiger partial charge in [0, 0.05) is 6.54 Å². The summed E-state index contributed by atoms with van der Waals surface area (Å²) in [6.45, 7) is 14.2. The fourth-order valence-electron chi connectivity index (χ4n) is 6.52. The number of nitrogens with zero attached hydrogens (tertiary/aromatic N) is 1. The molecule has 2 aliphatic rings. The van der Waals surface area contributed by atoms with Gasteiger partial charge in [-0.15, -0.1) is 0 Å². The third-order valence-corrected chi connectivity index (χ3v) is 9.27. The maximum absolute atomic E-state index is 14.3. The van der Waals surface area contributed by atoms with E-state index in [1.807, 2.05) is 27.7 Å². The van der Waals surface area contributed by atoms with Gasteiger partial charge in [0.05, 0.1) is 19.3 Å².